The lowest BCUT2D eigenvalue weighted by atomic mass is 10.0. The molecule has 3 aromatic rings. The van der Waals surface area contributed by atoms with Gasteiger partial charge in [-0.3, -0.25) is 4.79 Å². The van der Waals surface area contributed by atoms with Crippen LogP contribution in [0.15, 0.2) is 41.4 Å². The third kappa shape index (κ3) is 3.59. The first kappa shape index (κ1) is 17.6. The summed E-state index contributed by atoms with van der Waals surface area (Å²) in [6.07, 6.45) is 0.338. The van der Waals surface area contributed by atoms with Crippen molar-refractivity contribution in [3.8, 4) is 0 Å². The predicted molar refractivity (Wildman–Crippen MR) is 105 cm³/mol. The number of fused-ring (bicyclic) bond motifs is 1. The number of amides is 1. The molecular formula is C21H24N2OS. The van der Waals surface area contributed by atoms with Crippen LogP contribution in [-0.4, -0.2) is 10.5 Å². The second-order valence-corrected chi connectivity index (χ2v) is 7.88. The lowest BCUT2D eigenvalue weighted by molar-refractivity contribution is -0.117. The smallest absolute Gasteiger partial charge is 0.252 e. The SMILES string of the molecule is Cc1ccc(C)c2c1sc(=NC(=O)Cc1ccc(C(C)C)cc1)n2C. The van der Waals surface area contributed by atoms with E-state index in [0.717, 1.165) is 15.9 Å². The molecule has 0 fully saturated rings. The summed E-state index contributed by atoms with van der Waals surface area (Å²) in [5.74, 6) is 0.397. The highest BCUT2D eigenvalue weighted by atomic mass is 32.1. The fourth-order valence-corrected chi connectivity index (χ4v) is 4.19. The van der Waals surface area contributed by atoms with Gasteiger partial charge >= 0.3 is 0 Å². The quantitative estimate of drug-likeness (QED) is 0.675. The molecule has 3 nitrogen and oxygen atoms in total. The molecule has 1 amide bonds. The van der Waals surface area contributed by atoms with Gasteiger partial charge in [0.2, 0.25) is 0 Å². The number of carbonyl (C=O) groups excluding carboxylic acids is 1. The zero-order valence-corrected chi connectivity index (χ0v) is 16.3. The Morgan fingerprint density at radius 1 is 1.08 bits per heavy atom. The van der Waals surface area contributed by atoms with Crippen LogP contribution >= 0.6 is 11.3 Å². The molecule has 3 rings (SSSR count). The van der Waals surface area contributed by atoms with Gasteiger partial charge in [-0.1, -0.05) is 61.6 Å². The second-order valence-electron chi connectivity index (χ2n) is 6.90. The summed E-state index contributed by atoms with van der Waals surface area (Å²) in [5.41, 5.74) is 5.89. The molecule has 0 aliphatic carbocycles. The Morgan fingerprint density at radius 2 is 1.72 bits per heavy atom. The zero-order valence-electron chi connectivity index (χ0n) is 15.5. The van der Waals surface area contributed by atoms with Gasteiger partial charge in [-0.25, -0.2) is 0 Å². The van der Waals surface area contributed by atoms with Crippen molar-refractivity contribution in [3.05, 3.63) is 63.5 Å². The first-order valence-corrected chi connectivity index (χ1v) is 9.40. The predicted octanol–water partition coefficient (Wildman–Crippen LogP) is 4.65. The maximum Gasteiger partial charge on any atom is 0.252 e. The molecule has 0 saturated carbocycles. The van der Waals surface area contributed by atoms with Crippen LogP contribution in [0.3, 0.4) is 0 Å². The molecule has 0 unspecified atom stereocenters. The van der Waals surface area contributed by atoms with E-state index in [4.69, 9.17) is 0 Å². The number of nitrogens with zero attached hydrogens (tertiary/aromatic N) is 2. The first-order chi connectivity index (χ1) is 11.9. The molecule has 1 aromatic heterocycles. The topological polar surface area (TPSA) is 34.4 Å². The van der Waals surface area contributed by atoms with Crippen molar-refractivity contribution in [2.45, 2.75) is 40.0 Å². The molecule has 0 saturated heterocycles. The van der Waals surface area contributed by atoms with E-state index in [2.05, 4.69) is 57.0 Å². The van der Waals surface area contributed by atoms with Crippen molar-refractivity contribution in [3.63, 3.8) is 0 Å². The van der Waals surface area contributed by atoms with Gasteiger partial charge < -0.3 is 4.57 Å². The van der Waals surface area contributed by atoms with E-state index in [1.54, 1.807) is 11.3 Å². The summed E-state index contributed by atoms with van der Waals surface area (Å²) in [6, 6.07) is 12.5. The summed E-state index contributed by atoms with van der Waals surface area (Å²) in [7, 11) is 1.98. The minimum atomic E-state index is -0.102. The molecule has 0 aliphatic rings. The van der Waals surface area contributed by atoms with E-state index >= 15 is 0 Å². The van der Waals surface area contributed by atoms with Gasteiger partial charge in [-0.15, -0.1) is 0 Å². The van der Waals surface area contributed by atoms with Crippen molar-refractivity contribution in [1.82, 2.24) is 4.57 Å². The average Bonchev–Trinajstić information content (AvgIpc) is 2.89. The van der Waals surface area contributed by atoms with Crippen molar-refractivity contribution < 1.29 is 4.79 Å². The van der Waals surface area contributed by atoms with Crippen LogP contribution in [0.2, 0.25) is 0 Å². The monoisotopic (exact) mass is 352 g/mol. The van der Waals surface area contributed by atoms with Crippen molar-refractivity contribution in [2.75, 3.05) is 0 Å². The van der Waals surface area contributed by atoms with Gasteiger partial charge in [0.1, 0.15) is 0 Å². The van der Waals surface area contributed by atoms with Gasteiger partial charge in [0.15, 0.2) is 4.80 Å². The normalized spacial score (nSPS) is 12.3. The molecule has 0 bridgehead atoms. The van der Waals surface area contributed by atoms with Gasteiger partial charge in [0.25, 0.3) is 5.91 Å². The van der Waals surface area contributed by atoms with E-state index in [1.807, 2.05) is 23.7 Å². The highest BCUT2D eigenvalue weighted by molar-refractivity contribution is 7.16. The number of benzene rings is 2. The van der Waals surface area contributed by atoms with Crippen LogP contribution in [0.5, 0.6) is 0 Å². The second kappa shape index (κ2) is 6.96. The molecule has 4 heteroatoms. The standard InChI is InChI=1S/C21H24N2OS/c1-13(2)17-10-8-16(9-11-17)12-18(24)22-21-23(5)19-14(3)6-7-15(4)20(19)25-21/h6-11,13H,12H2,1-5H3. The lowest BCUT2D eigenvalue weighted by Gasteiger charge is -2.05. The largest absolute Gasteiger partial charge is 0.319 e. The maximum atomic E-state index is 12.4. The van der Waals surface area contributed by atoms with E-state index in [9.17, 15) is 4.79 Å². The number of aromatic nitrogens is 1. The molecule has 1 heterocycles. The van der Waals surface area contributed by atoms with E-state index in [-0.39, 0.29) is 5.91 Å². The Kier molecular flexibility index (Phi) is 4.91. The maximum absolute atomic E-state index is 12.4. The number of carbonyl (C=O) groups is 1. The zero-order chi connectivity index (χ0) is 18.1. The molecular weight excluding hydrogens is 328 g/mol. The Bertz CT molecular complexity index is 991. The van der Waals surface area contributed by atoms with Gasteiger partial charge in [-0.2, -0.15) is 4.99 Å². The highest BCUT2D eigenvalue weighted by Gasteiger charge is 2.10. The summed E-state index contributed by atoms with van der Waals surface area (Å²) in [5, 5.41) is 0. The minimum Gasteiger partial charge on any atom is -0.319 e. The van der Waals surface area contributed by atoms with Crippen LogP contribution in [0, 0.1) is 13.8 Å². The molecule has 25 heavy (non-hydrogen) atoms. The molecule has 0 radical (unpaired) electrons. The fourth-order valence-electron chi connectivity index (χ4n) is 3.01. The number of rotatable bonds is 3. The van der Waals surface area contributed by atoms with Crippen molar-refractivity contribution in [2.24, 2.45) is 12.0 Å². The summed E-state index contributed by atoms with van der Waals surface area (Å²) in [6.45, 7) is 8.53. The Hall–Kier alpha value is -2.20. The number of hydrogen-bond acceptors (Lipinski definition) is 2. The van der Waals surface area contributed by atoms with E-state index < -0.39 is 0 Å². The van der Waals surface area contributed by atoms with Gasteiger partial charge in [0.05, 0.1) is 16.6 Å². The van der Waals surface area contributed by atoms with Crippen LogP contribution < -0.4 is 4.80 Å². The number of aryl methyl sites for hydroxylation is 3. The molecule has 0 aliphatic heterocycles. The minimum absolute atomic E-state index is 0.102. The molecule has 0 spiro atoms. The van der Waals surface area contributed by atoms with E-state index in [0.29, 0.717) is 12.3 Å². The van der Waals surface area contributed by atoms with Crippen LogP contribution in [0.25, 0.3) is 10.2 Å². The van der Waals surface area contributed by atoms with Crippen LogP contribution in [-0.2, 0) is 18.3 Å². The van der Waals surface area contributed by atoms with E-state index in [1.165, 1.54) is 21.4 Å². The van der Waals surface area contributed by atoms with Gasteiger partial charge in [0, 0.05) is 7.05 Å². The number of hydrogen-bond donors (Lipinski definition) is 0. The third-order valence-corrected chi connectivity index (χ3v) is 5.84. The molecule has 130 valence electrons. The lowest BCUT2D eigenvalue weighted by Crippen LogP contribution is -2.14. The fraction of sp³-hybridized carbons (Fsp3) is 0.333. The Labute approximate surface area is 152 Å². The van der Waals surface area contributed by atoms with Crippen molar-refractivity contribution in [1.29, 1.82) is 0 Å². The Balaban J connectivity index is 1.91. The van der Waals surface area contributed by atoms with Gasteiger partial charge in [-0.05, 0) is 42.0 Å². The highest BCUT2D eigenvalue weighted by Crippen LogP contribution is 2.24. The molecule has 0 atom stereocenters. The first-order valence-electron chi connectivity index (χ1n) is 8.59. The summed E-state index contributed by atoms with van der Waals surface area (Å²) < 4.78 is 3.23. The number of thiazole rings is 1. The average molecular weight is 353 g/mol. The molecule has 0 N–H and O–H groups in total. The van der Waals surface area contributed by atoms with Crippen LogP contribution in [0.1, 0.15) is 42.0 Å². The third-order valence-electron chi connectivity index (χ3n) is 4.57. The summed E-state index contributed by atoms with van der Waals surface area (Å²) >= 11 is 1.59. The molecule has 2 aromatic carbocycles. The van der Waals surface area contributed by atoms with Crippen molar-refractivity contribution >= 4 is 27.5 Å². The van der Waals surface area contributed by atoms with Crippen LogP contribution in [0.4, 0.5) is 0 Å². The summed E-state index contributed by atoms with van der Waals surface area (Å²) in [4.78, 5) is 17.6. The Morgan fingerprint density at radius 3 is 2.32 bits per heavy atom.